The molecule has 0 spiro atoms. The summed E-state index contributed by atoms with van der Waals surface area (Å²) in [4.78, 5) is 10.5. The Bertz CT molecular complexity index is 97.7. The summed E-state index contributed by atoms with van der Waals surface area (Å²) in [5.74, 6) is 0.884. The number of carbonyl (C=O) groups excluding carboxylic acids is 1. The van der Waals surface area contributed by atoms with Crippen molar-refractivity contribution < 1.29 is 4.79 Å². The summed E-state index contributed by atoms with van der Waals surface area (Å²) in [6.45, 7) is 0.736. The highest BCUT2D eigenvalue weighted by Crippen LogP contribution is 1.88. The fourth-order valence-corrected chi connectivity index (χ4v) is 0.751. The van der Waals surface area contributed by atoms with E-state index in [1.54, 1.807) is 7.05 Å². The molecular formula is C6H14N2OS. The Kier molecular flexibility index (Phi) is 6.48. The number of hydrogen-bond acceptors (Lipinski definition) is 2. The first-order valence-electron chi connectivity index (χ1n) is 3.37. The van der Waals surface area contributed by atoms with Gasteiger partial charge in [-0.2, -0.15) is 12.6 Å². The molecule has 0 rings (SSSR count). The molecule has 10 heavy (non-hydrogen) atoms. The topological polar surface area (TPSA) is 41.1 Å². The molecule has 0 bridgehead atoms. The first-order chi connectivity index (χ1) is 4.81. The fraction of sp³-hybridized carbons (Fsp3) is 0.833. The maximum absolute atomic E-state index is 10.5. The number of carbonyl (C=O) groups is 1. The molecule has 0 aliphatic carbocycles. The number of urea groups is 1. The van der Waals surface area contributed by atoms with Crippen LogP contribution < -0.4 is 10.6 Å². The molecule has 0 aliphatic rings. The van der Waals surface area contributed by atoms with Crippen LogP contribution in [-0.4, -0.2) is 25.4 Å². The molecule has 0 fully saturated rings. The number of rotatable bonds is 4. The normalized spacial score (nSPS) is 9.00. The van der Waals surface area contributed by atoms with Crippen LogP contribution in [0.1, 0.15) is 12.8 Å². The minimum atomic E-state index is -0.112. The van der Waals surface area contributed by atoms with Crippen molar-refractivity contribution in [3.63, 3.8) is 0 Å². The average Bonchev–Trinajstić information content (AvgIpc) is 1.98. The van der Waals surface area contributed by atoms with E-state index in [-0.39, 0.29) is 6.03 Å². The van der Waals surface area contributed by atoms with Gasteiger partial charge in [0.2, 0.25) is 0 Å². The summed E-state index contributed by atoms with van der Waals surface area (Å²) in [5.41, 5.74) is 0. The van der Waals surface area contributed by atoms with Crippen molar-refractivity contribution in [2.24, 2.45) is 0 Å². The fourth-order valence-electron chi connectivity index (χ4n) is 0.527. The van der Waals surface area contributed by atoms with Crippen molar-refractivity contribution in [1.82, 2.24) is 10.6 Å². The Morgan fingerprint density at radius 2 is 2.20 bits per heavy atom. The SMILES string of the molecule is CNC(=O)NCCCCS. The van der Waals surface area contributed by atoms with Gasteiger partial charge in [0.15, 0.2) is 0 Å². The van der Waals surface area contributed by atoms with Gasteiger partial charge in [-0.05, 0) is 18.6 Å². The predicted octanol–water partition coefficient (Wildman–Crippen LogP) is 0.625. The number of nitrogens with one attached hydrogen (secondary N) is 2. The summed E-state index contributed by atoms with van der Waals surface area (Å²) in [7, 11) is 1.61. The van der Waals surface area contributed by atoms with Gasteiger partial charge in [-0.25, -0.2) is 4.79 Å². The first kappa shape index (κ1) is 9.62. The standard InChI is InChI=1S/C6H14N2OS/c1-7-6(9)8-4-2-3-5-10/h10H,2-5H2,1H3,(H2,7,8,9). The molecule has 0 atom stereocenters. The summed E-state index contributed by atoms with van der Waals surface area (Å²) in [6, 6.07) is -0.112. The third-order valence-corrected chi connectivity index (χ3v) is 1.41. The molecule has 0 heterocycles. The monoisotopic (exact) mass is 162 g/mol. The molecule has 0 radical (unpaired) electrons. The highest BCUT2D eigenvalue weighted by molar-refractivity contribution is 7.80. The van der Waals surface area contributed by atoms with E-state index in [4.69, 9.17) is 0 Å². The van der Waals surface area contributed by atoms with E-state index >= 15 is 0 Å². The summed E-state index contributed by atoms with van der Waals surface area (Å²) >= 11 is 4.04. The van der Waals surface area contributed by atoms with Crippen LogP contribution in [0, 0.1) is 0 Å². The maximum atomic E-state index is 10.5. The van der Waals surface area contributed by atoms with Crippen LogP contribution in [0.4, 0.5) is 4.79 Å². The van der Waals surface area contributed by atoms with E-state index in [9.17, 15) is 4.79 Å². The first-order valence-corrected chi connectivity index (χ1v) is 4.01. The lowest BCUT2D eigenvalue weighted by Gasteiger charge is -2.01. The highest BCUT2D eigenvalue weighted by Gasteiger charge is 1.92. The Morgan fingerprint density at radius 1 is 1.50 bits per heavy atom. The van der Waals surface area contributed by atoms with E-state index in [0.29, 0.717) is 0 Å². The Morgan fingerprint density at radius 3 is 2.70 bits per heavy atom. The number of hydrogen-bond donors (Lipinski definition) is 3. The van der Waals surface area contributed by atoms with Crippen molar-refractivity contribution in [3.8, 4) is 0 Å². The lowest BCUT2D eigenvalue weighted by Crippen LogP contribution is -2.33. The molecule has 0 saturated carbocycles. The van der Waals surface area contributed by atoms with Gasteiger partial charge in [-0.3, -0.25) is 0 Å². The number of thiol groups is 1. The largest absolute Gasteiger partial charge is 0.341 e. The van der Waals surface area contributed by atoms with Crippen molar-refractivity contribution in [2.45, 2.75) is 12.8 Å². The van der Waals surface area contributed by atoms with Crippen molar-refractivity contribution in [2.75, 3.05) is 19.3 Å². The van der Waals surface area contributed by atoms with Gasteiger partial charge in [0.25, 0.3) is 0 Å². The molecule has 2 N–H and O–H groups in total. The summed E-state index contributed by atoms with van der Waals surface area (Å²) in [5, 5.41) is 5.16. The zero-order chi connectivity index (χ0) is 7.82. The van der Waals surface area contributed by atoms with Gasteiger partial charge in [0.1, 0.15) is 0 Å². The minimum absolute atomic E-state index is 0.112. The lowest BCUT2D eigenvalue weighted by molar-refractivity contribution is 0.243. The van der Waals surface area contributed by atoms with Gasteiger partial charge in [0.05, 0.1) is 0 Å². The second-order valence-corrected chi connectivity index (χ2v) is 2.38. The van der Waals surface area contributed by atoms with Gasteiger partial charge < -0.3 is 10.6 Å². The third kappa shape index (κ3) is 5.75. The van der Waals surface area contributed by atoms with Crippen LogP contribution in [0.5, 0.6) is 0 Å². The van der Waals surface area contributed by atoms with Gasteiger partial charge in [0, 0.05) is 13.6 Å². The molecule has 4 heteroatoms. The minimum Gasteiger partial charge on any atom is -0.341 e. The number of unbranched alkanes of at least 4 members (excludes halogenated alkanes) is 1. The Balaban J connectivity index is 2.96. The highest BCUT2D eigenvalue weighted by atomic mass is 32.1. The molecule has 2 amide bonds. The summed E-state index contributed by atoms with van der Waals surface area (Å²) in [6.07, 6.45) is 2.05. The van der Waals surface area contributed by atoms with Crippen LogP contribution >= 0.6 is 12.6 Å². The van der Waals surface area contributed by atoms with E-state index in [1.165, 1.54) is 0 Å². The van der Waals surface area contributed by atoms with Crippen molar-refractivity contribution in [1.29, 1.82) is 0 Å². The number of amides is 2. The van der Waals surface area contributed by atoms with Crippen LogP contribution in [0.25, 0.3) is 0 Å². The predicted molar refractivity (Wildman–Crippen MR) is 45.5 cm³/mol. The van der Waals surface area contributed by atoms with E-state index in [2.05, 4.69) is 23.3 Å². The van der Waals surface area contributed by atoms with Crippen LogP contribution in [-0.2, 0) is 0 Å². The van der Waals surface area contributed by atoms with Crippen LogP contribution in [0.2, 0.25) is 0 Å². The second kappa shape index (κ2) is 6.74. The molecule has 0 aromatic carbocycles. The second-order valence-electron chi connectivity index (χ2n) is 1.94. The van der Waals surface area contributed by atoms with E-state index in [1.807, 2.05) is 0 Å². The molecular weight excluding hydrogens is 148 g/mol. The van der Waals surface area contributed by atoms with E-state index in [0.717, 1.165) is 25.1 Å². The van der Waals surface area contributed by atoms with Crippen molar-refractivity contribution >= 4 is 18.7 Å². The zero-order valence-corrected chi connectivity index (χ0v) is 7.08. The van der Waals surface area contributed by atoms with Gasteiger partial charge >= 0.3 is 6.03 Å². The molecule has 0 aromatic rings. The van der Waals surface area contributed by atoms with Gasteiger partial charge in [-0.1, -0.05) is 0 Å². The Hall–Kier alpha value is -0.380. The van der Waals surface area contributed by atoms with Crippen LogP contribution in [0.15, 0.2) is 0 Å². The molecule has 0 saturated heterocycles. The molecule has 0 aromatic heterocycles. The van der Waals surface area contributed by atoms with Crippen molar-refractivity contribution in [3.05, 3.63) is 0 Å². The third-order valence-electron chi connectivity index (χ3n) is 1.10. The maximum Gasteiger partial charge on any atom is 0.314 e. The van der Waals surface area contributed by atoms with Crippen LogP contribution in [0.3, 0.4) is 0 Å². The zero-order valence-electron chi connectivity index (χ0n) is 6.18. The van der Waals surface area contributed by atoms with Gasteiger partial charge in [-0.15, -0.1) is 0 Å². The smallest absolute Gasteiger partial charge is 0.314 e. The molecule has 3 nitrogen and oxygen atoms in total. The molecule has 0 aliphatic heterocycles. The summed E-state index contributed by atoms with van der Waals surface area (Å²) < 4.78 is 0. The lowest BCUT2D eigenvalue weighted by atomic mass is 10.3. The molecule has 60 valence electrons. The quantitative estimate of drug-likeness (QED) is 0.412. The van der Waals surface area contributed by atoms with E-state index < -0.39 is 0 Å². The Labute approximate surface area is 67.0 Å². The average molecular weight is 162 g/mol. The molecule has 0 unspecified atom stereocenters.